The molecule has 2 aromatic heterocycles. The van der Waals surface area contributed by atoms with Crippen LogP contribution in [-0.4, -0.2) is 19.9 Å². The summed E-state index contributed by atoms with van der Waals surface area (Å²) in [5, 5.41) is 2.53. The number of benzene rings is 6. The summed E-state index contributed by atoms with van der Waals surface area (Å²) in [4.78, 5) is 19.5. The molecule has 8 aromatic rings. The van der Waals surface area contributed by atoms with Crippen LogP contribution >= 0.6 is 0 Å². The number of aromatic nitrogens is 4. The number of nitrogens with zero attached hydrogens (tertiary/aromatic N) is 4. The summed E-state index contributed by atoms with van der Waals surface area (Å²) < 4.78 is 0. The van der Waals surface area contributed by atoms with Gasteiger partial charge in [0, 0.05) is 34.6 Å². The van der Waals surface area contributed by atoms with Crippen molar-refractivity contribution >= 4 is 10.8 Å². The Hall–Kier alpha value is -6.26. The third kappa shape index (κ3) is 4.39. The highest BCUT2D eigenvalue weighted by atomic mass is 15.0. The lowest BCUT2D eigenvalue weighted by atomic mass is 9.91. The van der Waals surface area contributed by atoms with E-state index < -0.39 is 0 Å². The predicted molar refractivity (Wildman–Crippen MR) is 187 cm³/mol. The molecule has 214 valence electrons. The van der Waals surface area contributed by atoms with Gasteiger partial charge in [0.1, 0.15) is 0 Å². The first-order valence-electron chi connectivity index (χ1n) is 15.4. The SMILES string of the molecule is c1ccc(-c2nc(-c3ccccc3)nc(-c3cc(-c4cccnc4)cc(-c4ccc5c6c(cccc46)-c4ccccc4-5)c3)n2)cc1. The van der Waals surface area contributed by atoms with E-state index in [0.29, 0.717) is 17.5 Å². The molecule has 0 fully saturated rings. The number of hydrogen-bond acceptors (Lipinski definition) is 4. The van der Waals surface area contributed by atoms with Crippen molar-refractivity contribution in [3.63, 3.8) is 0 Å². The number of pyridine rings is 1. The fraction of sp³-hybridized carbons (Fsp3) is 0. The normalized spacial score (nSPS) is 11.5. The molecule has 2 heterocycles. The highest BCUT2D eigenvalue weighted by Crippen LogP contribution is 2.49. The summed E-state index contributed by atoms with van der Waals surface area (Å²) >= 11 is 0. The van der Waals surface area contributed by atoms with Gasteiger partial charge in [-0.1, -0.05) is 121 Å². The van der Waals surface area contributed by atoms with Gasteiger partial charge in [-0.3, -0.25) is 4.98 Å². The Morgan fingerprint density at radius 1 is 0.326 bits per heavy atom. The van der Waals surface area contributed by atoms with Crippen LogP contribution in [0.25, 0.3) is 89.4 Å². The number of hydrogen-bond donors (Lipinski definition) is 0. The molecule has 1 aliphatic rings. The number of fused-ring (bicyclic) bond motifs is 3. The topological polar surface area (TPSA) is 51.6 Å². The lowest BCUT2D eigenvalue weighted by Crippen LogP contribution is -2.00. The molecule has 0 saturated heterocycles. The molecule has 0 radical (unpaired) electrons. The van der Waals surface area contributed by atoms with Crippen molar-refractivity contribution in [3.8, 4) is 78.7 Å². The van der Waals surface area contributed by atoms with Crippen molar-refractivity contribution in [2.45, 2.75) is 0 Å². The Labute approximate surface area is 266 Å². The predicted octanol–water partition coefficient (Wildman–Crippen LogP) is 10.4. The molecule has 6 aromatic carbocycles. The zero-order valence-corrected chi connectivity index (χ0v) is 24.8. The Morgan fingerprint density at radius 3 is 1.50 bits per heavy atom. The Kier molecular flexibility index (Phi) is 6.10. The molecular formula is C42H26N4. The molecule has 1 aliphatic carbocycles. The van der Waals surface area contributed by atoms with Gasteiger partial charge in [0.2, 0.25) is 0 Å². The van der Waals surface area contributed by atoms with Crippen molar-refractivity contribution in [2.24, 2.45) is 0 Å². The maximum Gasteiger partial charge on any atom is 0.164 e. The van der Waals surface area contributed by atoms with Gasteiger partial charge >= 0.3 is 0 Å². The van der Waals surface area contributed by atoms with E-state index in [1.165, 1.54) is 38.6 Å². The molecule has 0 N–H and O–H groups in total. The second-order valence-corrected chi connectivity index (χ2v) is 11.5. The first-order valence-corrected chi connectivity index (χ1v) is 15.4. The average molecular weight is 587 g/mol. The lowest BCUT2D eigenvalue weighted by molar-refractivity contribution is 1.07. The first kappa shape index (κ1) is 26.2. The van der Waals surface area contributed by atoms with E-state index in [9.17, 15) is 0 Å². The van der Waals surface area contributed by atoms with E-state index >= 15 is 0 Å². The van der Waals surface area contributed by atoms with E-state index in [-0.39, 0.29) is 0 Å². The molecule has 0 saturated carbocycles. The van der Waals surface area contributed by atoms with Crippen LogP contribution < -0.4 is 0 Å². The van der Waals surface area contributed by atoms with E-state index in [1.54, 1.807) is 6.20 Å². The molecule has 4 heteroatoms. The van der Waals surface area contributed by atoms with Crippen LogP contribution in [-0.2, 0) is 0 Å². The third-order valence-corrected chi connectivity index (χ3v) is 8.74. The van der Waals surface area contributed by atoms with Gasteiger partial charge in [0.05, 0.1) is 0 Å². The van der Waals surface area contributed by atoms with Gasteiger partial charge in [0.25, 0.3) is 0 Å². The first-order chi connectivity index (χ1) is 22.8. The minimum atomic E-state index is 0.623. The molecule has 4 nitrogen and oxygen atoms in total. The van der Waals surface area contributed by atoms with Crippen LogP contribution in [0.5, 0.6) is 0 Å². The molecule has 0 aliphatic heterocycles. The molecule has 0 atom stereocenters. The summed E-state index contributed by atoms with van der Waals surface area (Å²) in [6.07, 6.45) is 3.71. The quantitative estimate of drug-likeness (QED) is 0.201. The Morgan fingerprint density at radius 2 is 0.848 bits per heavy atom. The Balaban J connectivity index is 1.29. The standard InChI is InChI=1S/C42H26N4/c1-3-11-27(12-4-1)40-44-41(28-13-5-2-6-14-28)46-42(45-40)32-24-30(29-15-10-22-43-26-29)23-31(25-32)33-20-21-38-35-17-8-7-16-34(35)37-19-9-18-36(33)39(37)38/h1-26H. The second kappa shape index (κ2) is 10.7. The minimum Gasteiger partial charge on any atom is -0.264 e. The summed E-state index contributed by atoms with van der Waals surface area (Å²) in [6, 6.07) is 50.8. The third-order valence-electron chi connectivity index (χ3n) is 8.74. The molecule has 9 rings (SSSR count). The Bertz CT molecular complexity index is 2320. The fourth-order valence-electron chi connectivity index (χ4n) is 6.61. The zero-order chi connectivity index (χ0) is 30.5. The molecule has 0 spiro atoms. The van der Waals surface area contributed by atoms with Crippen LogP contribution in [0.1, 0.15) is 0 Å². The van der Waals surface area contributed by atoms with Crippen molar-refractivity contribution < 1.29 is 0 Å². The summed E-state index contributed by atoms with van der Waals surface area (Å²) in [6.45, 7) is 0. The smallest absolute Gasteiger partial charge is 0.164 e. The summed E-state index contributed by atoms with van der Waals surface area (Å²) in [5.41, 5.74) is 12.3. The molecule has 0 bridgehead atoms. The summed E-state index contributed by atoms with van der Waals surface area (Å²) in [5.74, 6) is 1.90. The monoisotopic (exact) mass is 586 g/mol. The van der Waals surface area contributed by atoms with Crippen LogP contribution in [0, 0.1) is 0 Å². The summed E-state index contributed by atoms with van der Waals surface area (Å²) in [7, 11) is 0. The van der Waals surface area contributed by atoms with Gasteiger partial charge < -0.3 is 0 Å². The molecular weight excluding hydrogens is 560 g/mol. The maximum atomic E-state index is 5.06. The van der Waals surface area contributed by atoms with Crippen molar-refractivity contribution in [2.75, 3.05) is 0 Å². The maximum absolute atomic E-state index is 5.06. The minimum absolute atomic E-state index is 0.623. The van der Waals surface area contributed by atoms with Gasteiger partial charge in [-0.25, -0.2) is 15.0 Å². The van der Waals surface area contributed by atoms with Gasteiger partial charge in [0.15, 0.2) is 17.5 Å². The number of rotatable bonds is 5. The highest BCUT2D eigenvalue weighted by Gasteiger charge is 2.23. The van der Waals surface area contributed by atoms with Gasteiger partial charge in [-0.15, -0.1) is 0 Å². The fourth-order valence-corrected chi connectivity index (χ4v) is 6.61. The second-order valence-electron chi connectivity index (χ2n) is 11.5. The largest absolute Gasteiger partial charge is 0.264 e. The van der Waals surface area contributed by atoms with E-state index in [2.05, 4.69) is 83.8 Å². The van der Waals surface area contributed by atoms with E-state index in [0.717, 1.165) is 33.4 Å². The highest BCUT2D eigenvalue weighted by molar-refractivity contribution is 6.18. The van der Waals surface area contributed by atoms with Crippen LogP contribution in [0.15, 0.2) is 158 Å². The van der Waals surface area contributed by atoms with E-state index in [1.807, 2.05) is 72.9 Å². The van der Waals surface area contributed by atoms with Crippen LogP contribution in [0.3, 0.4) is 0 Å². The molecule has 46 heavy (non-hydrogen) atoms. The average Bonchev–Trinajstić information content (AvgIpc) is 3.47. The lowest BCUT2D eigenvalue weighted by Gasteiger charge is -2.14. The van der Waals surface area contributed by atoms with Crippen molar-refractivity contribution in [1.82, 2.24) is 19.9 Å². The van der Waals surface area contributed by atoms with Crippen LogP contribution in [0.2, 0.25) is 0 Å². The van der Waals surface area contributed by atoms with Crippen LogP contribution in [0.4, 0.5) is 0 Å². The van der Waals surface area contributed by atoms with Gasteiger partial charge in [-0.05, 0) is 74.0 Å². The molecule has 0 amide bonds. The molecule has 0 unspecified atom stereocenters. The van der Waals surface area contributed by atoms with Crippen molar-refractivity contribution in [1.29, 1.82) is 0 Å². The van der Waals surface area contributed by atoms with Gasteiger partial charge in [-0.2, -0.15) is 0 Å². The zero-order valence-electron chi connectivity index (χ0n) is 24.8. The van der Waals surface area contributed by atoms with E-state index in [4.69, 9.17) is 15.0 Å². The van der Waals surface area contributed by atoms with Crippen molar-refractivity contribution in [3.05, 3.63) is 158 Å².